The molecule has 3 atom stereocenters. The highest BCUT2D eigenvalue weighted by Gasteiger charge is 2.32. The van der Waals surface area contributed by atoms with Gasteiger partial charge in [0.2, 0.25) is 0 Å². The van der Waals surface area contributed by atoms with Gasteiger partial charge < -0.3 is 10.1 Å². The van der Waals surface area contributed by atoms with Crippen molar-refractivity contribution < 1.29 is 9.53 Å². The Morgan fingerprint density at radius 2 is 2.24 bits per heavy atom. The topological polar surface area (TPSA) is 38.3 Å². The first-order valence-corrected chi connectivity index (χ1v) is 8.06. The summed E-state index contributed by atoms with van der Waals surface area (Å²) in [6, 6.07) is 7.56. The number of methoxy groups -OCH3 is 1. The van der Waals surface area contributed by atoms with E-state index in [-0.39, 0.29) is 17.9 Å². The molecule has 0 fully saturated rings. The lowest BCUT2D eigenvalue weighted by Crippen LogP contribution is -2.39. The lowest BCUT2D eigenvalue weighted by atomic mass is 9.79. The third-order valence-electron chi connectivity index (χ3n) is 3.90. The number of rotatable bonds is 4. The average molecular weight is 352 g/mol. The molecule has 0 saturated carbocycles. The standard InChI is InChI=1S/C17H22BrNO2/c1-11-7-12(2)9-13(8-11)16(17(20)21-3)19-15-6-4-5-14(18)10-15/h4-7,10-11,13,16,19H,8-9H2,1-3H3. The molecule has 1 aromatic carbocycles. The second-order valence-corrected chi connectivity index (χ2v) is 6.76. The van der Waals surface area contributed by atoms with Crippen molar-refractivity contribution in [3.05, 3.63) is 40.4 Å². The van der Waals surface area contributed by atoms with Crippen molar-refractivity contribution in [3.8, 4) is 0 Å². The number of carbonyl (C=O) groups excluding carboxylic acids is 1. The second kappa shape index (κ2) is 7.12. The first-order chi connectivity index (χ1) is 9.99. The summed E-state index contributed by atoms with van der Waals surface area (Å²) in [4.78, 5) is 12.2. The minimum absolute atomic E-state index is 0.193. The summed E-state index contributed by atoms with van der Waals surface area (Å²) < 4.78 is 6.00. The van der Waals surface area contributed by atoms with Crippen LogP contribution in [0.2, 0.25) is 0 Å². The number of halogens is 1. The first-order valence-electron chi connectivity index (χ1n) is 7.27. The van der Waals surface area contributed by atoms with E-state index in [1.807, 2.05) is 24.3 Å². The first kappa shape index (κ1) is 16.1. The minimum atomic E-state index is -0.310. The predicted octanol–water partition coefficient (Wildman–Crippen LogP) is 4.40. The molecule has 3 nitrogen and oxygen atoms in total. The lowest BCUT2D eigenvalue weighted by molar-refractivity contribution is -0.143. The zero-order valence-corrected chi connectivity index (χ0v) is 14.3. The van der Waals surface area contributed by atoms with Crippen molar-refractivity contribution in [2.24, 2.45) is 11.8 Å². The average Bonchev–Trinajstić information content (AvgIpc) is 2.43. The molecule has 4 heteroatoms. The van der Waals surface area contributed by atoms with Gasteiger partial charge in [-0.15, -0.1) is 0 Å². The summed E-state index contributed by atoms with van der Waals surface area (Å²) in [5.74, 6) is 0.568. The Labute approximate surface area is 134 Å². The van der Waals surface area contributed by atoms with Gasteiger partial charge in [0.25, 0.3) is 0 Å². The largest absolute Gasteiger partial charge is 0.467 e. The van der Waals surface area contributed by atoms with E-state index >= 15 is 0 Å². The van der Waals surface area contributed by atoms with Gasteiger partial charge in [0.1, 0.15) is 6.04 Å². The molecule has 0 saturated heterocycles. The van der Waals surface area contributed by atoms with Crippen LogP contribution in [-0.4, -0.2) is 19.1 Å². The number of anilines is 1. The van der Waals surface area contributed by atoms with Crippen LogP contribution in [0.15, 0.2) is 40.4 Å². The maximum atomic E-state index is 12.2. The fourth-order valence-corrected chi connectivity index (χ4v) is 3.50. The molecule has 0 amide bonds. The molecule has 0 heterocycles. The number of ether oxygens (including phenoxy) is 1. The van der Waals surface area contributed by atoms with E-state index in [1.165, 1.54) is 12.7 Å². The Morgan fingerprint density at radius 1 is 1.48 bits per heavy atom. The lowest BCUT2D eigenvalue weighted by Gasteiger charge is -2.31. The van der Waals surface area contributed by atoms with Gasteiger partial charge in [-0.25, -0.2) is 4.79 Å². The third-order valence-corrected chi connectivity index (χ3v) is 4.39. The van der Waals surface area contributed by atoms with Crippen molar-refractivity contribution in [2.75, 3.05) is 12.4 Å². The molecule has 114 valence electrons. The van der Waals surface area contributed by atoms with Crippen LogP contribution in [-0.2, 0) is 9.53 Å². The normalized spacial score (nSPS) is 23.1. The van der Waals surface area contributed by atoms with E-state index in [0.29, 0.717) is 5.92 Å². The van der Waals surface area contributed by atoms with Crippen LogP contribution in [0.3, 0.4) is 0 Å². The second-order valence-electron chi connectivity index (χ2n) is 5.85. The number of hydrogen-bond donors (Lipinski definition) is 1. The third kappa shape index (κ3) is 4.34. The van der Waals surface area contributed by atoms with Gasteiger partial charge in [-0.2, -0.15) is 0 Å². The van der Waals surface area contributed by atoms with Crippen molar-refractivity contribution in [3.63, 3.8) is 0 Å². The van der Waals surface area contributed by atoms with Gasteiger partial charge in [0, 0.05) is 10.2 Å². The van der Waals surface area contributed by atoms with Crippen LogP contribution in [0.5, 0.6) is 0 Å². The summed E-state index contributed by atoms with van der Waals surface area (Å²) in [6.45, 7) is 4.33. The van der Waals surface area contributed by atoms with Gasteiger partial charge in [-0.05, 0) is 49.8 Å². The van der Waals surface area contributed by atoms with Crippen LogP contribution >= 0.6 is 15.9 Å². The fourth-order valence-electron chi connectivity index (χ4n) is 3.10. The Hall–Kier alpha value is -1.29. The van der Waals surface area contributed by atoms with Gasteiger partial charge in [-0.3, -0.25) is 0 Å². The van der Waals surface area contributed by atoms with E-state index in [1.54, 1.807) is 0 Å². The van der Waals surface area contributed by atoms with Crippen molar-refractivity contribution in [2.45, 2.75) is 32.7 Å². The number of carbonyl (C=O) groups is 1. The number of benzene rings is 1. The highest BCUT2D eigenvalue weighted by molar-refractivity contribution is 9.10. The van der Waals surface area contributed by atoms with Crippen LogP contribution < -0.4 is 5.32 Å². The van der Waals surface area contributed by atoms with Crippen molar-refractivity contribution >= 4 is 27.6 Å². The maximum Gasteiger partial charge on any atom is 0.328 e. The van der Waals surface area contributed by atoms with Crippen LogP contribution in [0, 0.1) is 11.8 Å². The van der Waals surface area contributed by atoms with E-state index < -0.39 is 0 Å². The molecule has 1 aliphatic carbocycles. The van der Waals surface area contributed by atoms with Gasteiger partial charge in [0.15, 0.2) is 0 Å². The molecule has 1 N–H and O–H groups in total. The SMILES string of the molecule is COC(=O)C(Nc1cccc(Br)c1)C1CC(C)=CC(C)C1. The molecule has 0 aliphatic heterocycles. The summed E-state index contributed by atoms with van der Waals surface area (Å²) in [6.07, 6.45) is 4.23. The van der Waals surface area contributed by atoms with Crippen molar-refractivity contribution in [1.82, 2.24) is 0 Å². The van der Waals surface area contributed by atoms with E-state index in [2.05, 4.69) is 41.2 Å². The quantitative estimate of drug-likeness (QED) is 0.645. The van der Waals surface area contributed by atoms with E-state index in [4.69, 9.17) is 4.74 Å². The Bertz CT molecular complexity index is 541. The molecule has 0 radical (unpaired) electrons. The fraction of sp³-hybridized carbons (Fsp3) is 0.471. The monoisotopic (exact) mass is 351 g/mol. The number of hydrogen-bond acceptors (Lipinski definition) is 3. The highest BCUT2D eigenvalue weighted by atomic mass is 79.9. The van der Waals surface area contributed by atoms with Crippen LogP contribution in [0.4, 0.5) is 5.69 Å². The smallest absolute Gasteiger partial charge is 0.328 e. The summed E-state index contributed by atoms with van der Waals surface area (Å²) >= 11 is 3.46. The van der Waals surface area contributed by atoms with E-state index in [0.717, 1.165) is 23.0 Å². The Balaban J connectivity index is 2.19. The number of nitrogens with one attached hydrogen (secondary N) is 1. The number of allylic oxidation sites excluding steroid dienone is 2. The summed E-state index contributed by atoms with van der Waals surface area (Å²) in [5.41, 5.74) is 2.28. The predicted molar refractivity (Wildman–Crippen MR) is 89.2 cm³/mol. The molecule has 21 heavy (non-hydrogen) atoms. The Kier molecular flexibility index (Phi) is 5.45. The number of esters is 1. The molecule has 0 aromatic heterocycles. The van der Waals surface area contributed by atoms with Gasteiger partial charge in [0.05, 0.1) is 7.11 Å². The maximum absolute atomic E-state index is 12.2. The molecule has 1 aromatic rings. The van der Waals surface area contributed by atoms with Gasteiger partial charge in [-0.1, -0.05) is 40.6 Å². The van der Waals surface area contributed by atoms with Crippen LogP contribution in [0.1, 0.15) is 26.7 Å². The molecule has 2 rings (SSSR count). The molecular formula is C17H22BrNO2. The summed E-state index contributed by atoms with van der Waals surface area (Å²) in [7, 11) is 1.45. The zero-order chi connectivity index (χ0) is 15.4. The minimum Gasteiger partial charge on any atom is -0.467 e. The highest BCUT2D eigenvalue weighted by Crippen LogP contribution is 2.32. The molecule has 1 aliphatic rings. The van der Waals surface area contributed by atoms with Crippen LogP contribution in [0.25, 0.3) is 0 Å². The summed E-state index contributed by atoms with van der Waals surface area (Å²) in [5, 5.41) is 3.35. The molecule has 3 unspecified atom stereocenters. The molecule has 0 bridgehead atoms. The molecule has 0 spiro atoms. The molecular weight excluding hydrogens is 330 g/mol. The van der Waals surface area contributed by atoms with Gasteiger partial charge >= 0.3 is 5.97 Å². The zero-order valence-electron chi connectivity index (χ0n) is 12.7. The Morgan fingerprint density at radius 3 is 2.86 bits per heavy atom. The van der Waals surface area contributed by atoms with E-state index in [9.17, 15) is 4.79 Å². The van der Waals surface area contributed by atoms with Crippen molar-refractivity contribution in [1.29, 1.82) is 0 Å².